The van der Waals surface area contributed by atoms with Gasteiger partial charge in [-0.3, -0.25) is 0 Å². The molecule has 31 heavy (non-hydrogen) atoms. The second-order valence-electron chi connectivity index (χ2n) is 6.18. The molecule has 0 unspecified atom stereocenters. The first kappa shape index (κ1) is 29.2. The second-order valence-corrected chi connectivity index (χ2v) is 6.18. The van der Waals surface area contributed by atoms with Crippen LogP contribution in [-0.4, -0.2) is 54.3 Å². The van der Waals surface area contributed by atoms with Gasteiger partial charge in [0.25, 0.3) is 0 Å². The zero-order valence-electron chi connectivity index (χ0n) is 14.8. The molecule has 0 N–H and O–H groups in total. The van der Waals surface area contributed by atoms with Crippen LogP contribution in [0.15, 0.2) is 12.2 Å². The molecule has 0 fully saturated rings. The Morgan fingerprint density at radius 3 is 1.42 bits per heavy atom. The van der Waals surface area contributed by atoms with E-state index < -0.39 is 72.7 Å². The van der Waals surface area contributed by atoms with Crippen LogP contribution in [0.3, 0.4) is 0 Å². The highest BCUT2D eigenvalue weighted by molar-refractivity contribution is 5.86. The van der Waals surface area contributed by atoms with Crippen LogP contribution < -0.4 is 0 Å². The summed E-state index contributed by atoms with van der Waals surface area (Å²) in [4.78, 5) is 10.9. The third-order valence-corrected chi connectivity index (χ3v) is 3.57. The fraction of sp³-hybridized carbons (Fsp3) is 0.786. The van der Waals surface area contributed by atoms with Crippen LogP contribution in [0.5, 0.6) is 0 Å². The maximum absolute atomic E-state index is 13.5. The van der Waals surface area contributed by atoms with Crippen molar-refractivity contribution in [2.75, 3.05) is 6.61 Å². The smallest absolute Gasteiger partial charge is 0.460 e. The van der Waals surface area contributed by atoms with Gasteiger partial charge in [-0.15, -0.1) is 0 Å². The highest BCUT2D eigenvalue weighted by atomic mass is 19.4. The predicted molar refractivity (Wildman–Crippen MR) is 70.7 cm³/mol. The quantitative estimate of drug-likeness (QED) is 0.203. The summed E-state index contributed by atoms with van der Waals surface area (Å²) in [6, 6.07) is 0. The lowest BCUT2D eigenvalue weighted by molar-refractivity contribution is -0.408. The summed E-state index contributed by atoms with van der Waals surface area (Å²) < 4.78 is 198. The summed E-state index contributed by atoms with van der Waals surface area (Å²) in [5.74, 6) is -44.1. The number of hydrogen-bond donors (Lipinski definition) is 0. The molecule has 0 amide bonds. The first-order valence-electron chi connectivity index (χ1n) is 7.45. The maximum Gasteiger partial charge on any atom is 0.460 e. The van der Waals surface area contributed by atoms with Gasteiger partial charge < -0.3 is 4.74 Å². The Balaban J connectivity index is 5.82. The first-order valence-corrected chi connectivity index (χ1v) is 7.45. The highest BCUT2D eigenvalue weighted by Gasteiger charge is 2.84. The average molecular weight is 496 g/mol. The third kappa shape index (κ3) is 5.32. The maximum atomic E-state index is 13.5. The molecule has 184 valence electrons. The van der Waals surface area contributed by atoms with Gasteiger partial charge in [0.1, 0.15) is 0 Å². The number of halogens is 15. The van der Waals surface area contributed by atoms with Crippen LogP contribution in [-0.2, 0) is 9.53 Å². The number of alkyl halides is 15. The molecule has 0 atom stereocenters. The number of rotatable bonds is 10. The van der Waals surface area contributed by atoms with Crippen LogP contribution in [0.1, 0.15) is 19.8 Å². The van der Waals surface area contributed by atoms with Crippen molar-refractivity contribution in [1.29, 1.82) is 0 Å². The fourth-order valence-corrected chi connectivity index (χ4v) is 1.73. The number of carbonyl (C=O) groups excluding carboxylic acids is 1. The Morgan fingerprint density at radius 1 is 0.677 bits per heavy atom. The molecule has 0 radical (unpaired) electrons. The lowest BCUT2D eigenvalue weighted by Crippen LogP contribution is -2.64. The second kappa shape index (κ2) is 8.26. The summed E-state index contributed by atoms with van der Waals surface area (Å²) in [5, 5.41) is 0. The van der Waals surface area contributed by atoms with Gasteiger partial charge in [-0.25, -0.2) is 4.79 Å². The zero-order chi connectivity index (χ0) is 25.5. The van der Waals surface area contributed by atoms with E-state index in [-0.39, 0.29) is 0 Å². The standard InChI is InChI=1S/C14H11F15O2/c1-6(2)7(30)31-4-3-8(15,16)11(21,22)9(17,18)5-10(19,20)12(23,24)13(25,26)14(27,28)29/h1,3-5H2,2H3. The summed E-state index contributed by atoms with van der Waals surface area (Å²) in [6.45, 7) is 2.15. The van der Waals surface area contributed by atoms with E-state index in [9.17, 15) is 70.7 Å². The van der Waals surface area contributed by atoms with Gasteiger partial charge in [0.2, 0.25) is 0 Å². The van der Waals surface area contributed by atoms with E-state index in [1.54, 1.807) is 0 Å². The lowest BCUT2D eigenvalue weighted by Gasteiger charge is -2.38. The van der Waals surface area contributed by atoms with E-state index in [1.165, 1.54) is 0 Å². The molecular weight excluding hydrogens is 485 g/mol. The van der Waals surface area contributed by atoms with Crippen molar-refractivity contribution in [1.82, 2.24) is 0 Å². The van der Waals surface area contributed by atoms with Crippen LogP contribution >= 0.6 is 0 Å². The molecule has 17 heteroatoms. The van der Waals surface area contributed by atoms with Gasteiger partial charge in [-0.05, 0) is 6.92 Å². The number of hydrogen-bond acceptors (Lipinski definition) is 2. The average Bonchev–Trinajstić information content (AvgIpc) is 2.51. The molecule has 0 aromatic rings. The Labute approximate surface area is 163 Å². The number of esters is 1. The normalized spacial score (nSPS) is 15.1. The molecule has 0 aliphatic carbocycles. The molecule has 2 nitrogen and oxygen atoms in total. The summed E-state index contributed by atoms with van der Waals surface area (Å²) in [5.41, 5.74) is -0.465. The van der Waals surface area contributed by atoms with E-state index in [0.29, 0.717) is 0 Å². The van der Waals surface area contributed by atoms with Gasteiger partial charge in [0.15, 0.2) is 0 Å². The molecule has 0 heterocycles. The molecule has 0 aliphatic rings. The monoisotopic (exact) mass is 496 g/mol. The first-order chi connectivity index (χ1) is 13.3. The van der Waals surface area contributed by atoms with Crippen molar-refractivity contribution in [3.05, 3.63) is 12.2 Å². The zero-order valence-corrected chi connectivity index (χ0v) is 14.8. The molecule has 0 aliphatic heterocycles. The van der Waals surface area contributed by atoms with E-state index in [0.717, 1.165) is 6.92 Å². The Bertz CT molecular complexity index is 678. The Morgan fingerprint density at radius 2 is 1.06 bits per heavy atom. The van der Waals surface area contributed by atoms with Crippen LogP contribution in [0.2, 0.25) is 0 Å². The van der Waals surface area contributed by atoms with Crippen LogP contribution in [0.4, 0.5) is 65.9 Å². The lowest BCUT2D eigenvalue weighted by atomic mass is 9.92. The van der Waals surface area contributed by atoms with Crippen LogP contribution in [0, 0.1) is 0 Å². The van der Waals surface area contributed by atoms with E-state index in [1.807, 2.05) is 0 Å². The molecule has 0 bridgehead atoms. The number of carbonyl (C=O) groups is 1. The van der Waals surface area contributed by atoms with E-state index in [4.69, 9.17) is 0 Å². The fourth-order valence-electron chi connectivity index (χ4n) is 1.73. The molecule has 0 aromatic heterocycles. The van der Waals surface area contributed by atoms with Crippen molar-refractivity contribution >= 4 is 5.97 Å². The van der Waals surface area contributed by atoms with Crippen molar-refractivity contribution in [2.24, 2.45) is 0 Å². The van der Waals surface area contributed by atoms with Crippen molar-refractivity contribution in [3.63, 3.8) is 0 Å². The van der Waals surface area contributed by atoms with Gasteiger partial charge >= 0.3 is 47.7 Å². The van der Waals surface area contributed by atoms with Crippen molar-refractivity contribution < 1.29 is 75.4 Å². The van der Waals surface area contributed by atoms with E-state index >= 15 is 0 Å². The van der Waals surface area contributed by atoms with E-state index in [2.05, 4.69) is 11.3 Å². The minimum absolute atomic E-state index is 0.465. The largest absolute Gasteiger partial charge is 0.462 e. The molecule has 0 saturated carbocycles. The van der Waals surface area contributed by atoms with Crippen molar-refractivity contribution in [3.8, 4) is 0 Å². The highest BCUT2D eigenvalue weighted by Crippen LogP contribution is 2.58. The van der Waals surface area contributed by atoms with Crippen LogP contribution in [0.25, 0.3) is 0 Å². The Kier molecular flexibility index (Phi) is 7.77. The summed E-state index contributed by atoms with van der Waals surface area (Å²) in [6.07, 6.45) is -14.4. The van der Waals surface area contributed by atoms with Gasteiger partial charge in [-0.1, -0.05) is 6.58 Å². The van der Waals surface area contributed by atoms with Gasteiger partial charge in [0, 0.05) is 5.57 Å². The molecule has 0 aromatic carbocycles. The Hall–Kier alpha value is -1.84. The summed E-state index contributed by atoms with van der Waals surface area (Å²) in [7, 11) is 0. The predicted octanol–water partition coefficient (Wildman–Crippen LogP) is 6.26. The molecule has 0 rings (SSSR count). The van der Waals surface area contributed by atoms with Gasteiger partial charge in [-0.2, -0.15) is 65.9 Å². The topological polar surface area (TPSA) is 26.3 Å². The number of ether oxygens (including phenoxy) is 1. The van der Waals surface area contributed by atoms with Crippen molar-refractivity contribution in [2.45, 2.75) is 61.5 Å². The summed E-state index contributed by atoms with van der Waals surface area (Å²) >= 11 is 0. The molecular formula is C14H11F15O2. The minimum atomic E-state index is -7.72. The molecule has 0 spiro atoms. The molecule has 0 saturated heterocycles. The minimum Gasteiger partial charge on any atom is -0.462 e. The third-order valence-electron chi connectivity index (χ3n) is 3.57. The van der Waals surface area contributed by atoms with Gasteiger partial charge in [0.05, 0.1) is 19.4 Å². The SMILES string of the molecule is C=C(C)C(=O)OCCC(F)(F)C(F)(F)C(F)(F)CC(F)(F)C(F)(F)C(F)(F)C(F)(F)F.